The van der Waals surface area contributed by atoms with Crippen LogP contribution >= 0.6 is 0 Å². The zero-order valence-electron chi connectivity index (χ0n) is 11.9. The van der Waals surface area contributed by atoms with Crippen molar-refractivity contribution in [2.24, 2.45) is 0 Å². The fourth-order valence-electron chi connectivity index (χ4n) is 2.18. The molecule has 2 aromatic rings. The minimum Gasteiger partial charge on any atom is -0.207 e. The average Bonchev–Trinajstić information content (AvgIpc) is 2.45. The summed E-state index contributed by atoms with van der Waals surface area (Å²) >= 11 is 0. The van der Waals surface area contributed by atoms with E-state index in [0.29, 0.717) is 0 Å². The van der Waals surface area contributed by atoms with Crippen molar-refractivity contribution >= 4 is 6.08 Å². The van der Waals surface area contributed by atoms with E-state index in [2.05, 4.69) is 32.1 Å². The molecule has 0 atom stereocenters. The summed E-state index contributed by atoms with van der Waals surface area (Å²) in [6.07, 6.45) is 9.33. The number of benzene rings is 2. The standard InChI is InChI=1S/C19H19F/c1-3-4-5-6-9-16-10-8-13-19(15(16)2)17-11-7-12-18(20)14-17/h4-14H,3H2,1-2H3/b5-4+,9-6+. The minimum atomic E-state index is -0.200. The van der Waals surface area contributed by atoms with Gasteiger partial charge in [0, 0.05) is 0 Å². The highest BCUT2D eigenvalue weighted by atomic mass is 19.1. The van der Waals surface area contributed by atoms with E-state index in [4.69, 9.17) is 0 Å². The maximum Gasteiger partial charge on any atom is 0.123 e. The number of hydrogen-bond acceptors (Lipinski definition) is 0. The number of allylic oxidation sites excluding steroid dienone is 3. The molecule has 0 fully saturated rings. The molecule has 20 heavy (non-hydrogen) atoms. The summed E-state index contributed by atoms with van der Waals surface area (Å²) in [7, 11) is 0. The largest absolute Gasteiger partial charge is 0.207 e. The van der Waals surface area contributed by atoms with Crippen molar-refractivity contribution < 1.29 is 4.39 Å². The van der Waals surface area contributed by atoms with Crippen LogP contribution in [0.25, 0.3) is 17.2 Å². The molecule has 0 nitrogen and oxygen atoms in total. The van der Waals surface area contributed by atoms with Crippen LogP contribution in [0.2, 0.25) is 0 Å². The van der Waals surface area contributed by atoms with E-state index in [1.807, 2.05) is 30.4 Å². The van der Waals surface area contributed by atoms with Gasteiger partial charge in [-0.2, -0.15) is 0 Å². The van der Waals surface area contributed by atoms with E-state index in [9.17, 15) is 4.39 Å². The van der Waals surface area contributed by atoms with Gasteiger partial charge < -0.3 is 0 Å². The van der Waals surface area contributed by atoms with Gasteiger partial charge in [-0.15, -0.1) is 0 Å². The number of rotatable bonds is 4. The first-order valence-corrected chi connectivity index (χ1v) is 6.91. The fourth-order valence-corrected chi connectivity index (χ4v) is 2.18. The maximum absolute atomic E-state index is 13.3. The first kappa shape index (κ1) is 14.3. The Balaban J connectivity index is 2.37. The number of hydrogen-bond donors (Lipinski definition) is 0. The second-order valence-corrected chi connectivity index (χ2v) is 4.73. The van der Waals surface area contributed by atoms with Gasteiger partial charge in [-0.25, -0.2) is 4.39 Å². The molecule has 0 aromatic heterocycles. The van der Waals surface area contributed by atoms with Gasteiger partial charge in [0.2, 0.25) is 0 Å². The first-order chi connectivity index (χ1) is 9.72. The Morgan fingerprint density at radius 3 is 2.60 bits per heavy atom. The van der Waals surface area contributed by atoms with Crippen molar-refractivity contribution in [3.8, 4) is 11.1 Å². The molecule has 0 bridgehead atoms. The monoisotopic (exact) mass is 266 g/mol. The Bertz CT molecular complexity index is 636. The van der Waals surface area contributed by atoms with Gasteiger partial charge in [-0.3, -0.25) is 0 Å². The molecule has 0 spiro atoms. The van der Waals surface area contributed by atoms with Crippen LogP contribution in [0.15, 0.2) is 60.7 Å². The van der Waals surface area contributed by atoms with Gasteiger partial charge in [0.15, 0.2) is 0 Å². The van der Waals surface area contributed by atoms with E-state index in [0.717, 1.165) is 23.1 Å². The van der Waals surface area contributed by atoms with Crippen LogP contribution in [0.1, 0.15) is 24.5 Å². The van der Waals surface area contributed by atoms with E-state index >= 15 is 0 Å². The first-order valence-electron chi connectivity index (χ1n) is 6.91. The zero-order chi connectivity index (χ0) is 14.4. The lowest BCUT2D eigenvalue weighted by Gasteiger charge is -2.09. The zero-order valence-corrected chi connectivity index (χ0v) is 11.9. The molecule has 0 heterocycles. The Morgan fingerprint density at radius 2 is 1.85 bits per heavy atom. The summed E-state index contributed by atoms with van der Waals surface area (Å²) in [6, 6.07) is 12.9. The number of halogens is 1. The van der Waals surface area contributed by atoms with E-state index in [1.54, 1.807) is 12.1 Å². The Morgan fingerprint density at radius 1 is 1.05 bits per heavy atom. The molecule has 0 aliphatic carbocycles. The predicted octanol–water partition coefficient (Wildman–Crippen LogP) is 5.78. The van der Waals surface area contributed by atoms with E-state index in [-0.39, 0.29) is 5.82 Å². The third-order valence-electron chi connectivity index (χ3n) is 3.27. The molecule has 0 saturated carbocycles. The summed E-state index contributed by atoms with van der Waals surface area (Å²) < 4.78 is 13.3. The van der Waals surface area contributed by atoms with Crippen LogP contribution in [0.5, 0.6) is 0 Å². The van der Waals surface area contributed by atoms with Crippen molar-refractivity contribution in [2.45, 2.75) is 20.3 Å². The van der Waals surface area contributed by atoms with Gasteiger partial charge in [0.05, 0.1) is 0 Å². The van der Waals surface area contributed by atoms with Crippen molar-refractivity contribution in [1.82, 2.24) is 0 Å². The van der Waals surface area contributed by atoms with Crippen LogP contribution in [0.4, 0.5) is 4.39 Å². The van der Waals surface area contributed by atoms with E-state index in [1.165, 1.54) is 11.6 Å². The third-order valence-corrected chi connectivity index (χ3v) is 3.27. The van der Waals surface area contributed by atoms with E-state index < -0.39 is 0 Å². The van der Waals surface area contributed by atoms with Gasteiger partial charge in [0.1, 0.15) is 5.82 Å². The van der Waals surface area contributed by atoms with Crippen LogP contribution in [-0.2, 0) is 0 Å². The lowest BCUT2D eigenvalue weighted by atomic mass is 9.96. The average molecular weight is 266 g/mol. The smallest absolute Gasteiger partial charge is 0.123 e. The summed E-state index contributed by atoms with van der Waals surface area (Å²) in [6.45, 7) is 4.18. The molecule has 0 amide bonds. The second kappa shape index (κ2) is 6.85. The molecule has 1 heteroatoms. The topological polar surface area (TPSA) is 0 Å². The normalized spacial score (nSPS) is 11.6. The Labute approximate surface area is 120 Å². The van der Waals surface area contributed by atoms with Gasteiger partial charge in [-0.05, 0) is 47.7 Å². The highest BCUT2D eigenvalue weighted by Gasteiger charge is 2.05. The highest BCUT2D eigenvalue weighted by molar-refractivity contribution is 5.72. The summed E-state index contributed by atoms with van der Waals surface area (Å²) in [4.78, 5) is 0. The fraction of sp³-hybridized carbons (Fsp3) is 0.158. The van der Waals surface area contributed by atoms with Crippen LogP contribution in [0.3, 0.4) is 0 Å². The van der Waals surface area contributed by atoms with Gasteiger partial charge in [-0.1, -0.05) is 61.6 Å². The summed E-state index contributed by atoms with van der Waals surface area (Å²) in [5.74, 6) is -0.200. The predicted molar refractivity (Wildman–Crippen MR) is 85.0 cm³/mol. The molecule has 102 valence electrons. The quantitative estimate of drug-likeness (QED) is 0.615. The molecule has 2 aromatic carbocycles. The Kier molecular flexibility index (Phi) is 4.89. The maximum atomic E-state index is 13.3. The van der Waals surface area contributed by atoms with Crippen LogP contribution < -0.4 is 0 Å². The summed E-state index contributed by atoms with van der Waals surface area (Å²) in [5.41, 5.74) is 4.32. The lowest BCUT2D eigenvalue weighted by molar-refractivity contribution is 0.628. The van der Waals surface area contributed by atoms with Crippen molar-refractivity contribution in [3.05, 3.63) is 77.6 Å². The highest BCUT2D eigenvalue weighted by Crippen LogP contribution is 2.26. The molecular weight excluding hydrogens is 247 g/mol. The van der Waals surface area contributed by atoms with Gasteiger partial charge in [0.25, 0.3) is 0 Å². The molecule has 0 aliphatic heterocycles. The van der Waals surface area contributed by atoms with Crippen molar-refractivity contribution in [3.63, 3.8) is 0 Å². The molecular formula is C19H19F. The molecule has 0 saturated heterocycles. The summed E-state index contributed by atoms with van der Waals surface area (Å²) in [5, 5.41) is 0. The van der Waals surface area contributed by atoms with Crippen molar-refractivity contribution in [1.29, 1.82) is 0 Å². The molecule has 0 N–H and O–H groups in total. The minimum absolute atomic E-state index is 0.200. The van der Waals surface area contributed by atoms with Gasteiger partial charge >= 0.3 is 0 Å². The second-order valence-electron chi connectivity index (χ2n) is 4.73. The lowest BCUT2D eigenvalue weighted by Crippen LogP contribution is -1.87. The molecule has 0 aliphatic rings. The molecule has 0 unspecified atom stereocenters. The third kappa shape index (κ3) is 3.45. The molecule has 2 rings (SSSR count). The van der Waals surface area contributed by atoms with Crippen LogP contribution in [-0.4, -0.2) is 0 Å². The van der Waals surface area contributed by atoms with Crippen LogP contribution in [0, 0.1) is 12.7 Å². The SMILES string of the molecule is CC/C=C/C=C/c1cccc(-c2cccc(F)c2)c1C. The Hall–Kier alpha value is -2.15. The van der Waals surface area contributed by atoms with Crippen molar-refractivity contribution in [2.75, 3.05) is 0 Å². The molecule has 0 radical (unpaired) electrons.